The van der Waals surface area contributed by atoms with Crippen LogP contribution in [0.5, 0.6) is 0 Å². The highest BCUT2D eigenvalue weighted by atomic mass is 16.5. The van der Waals surface area contributed by atoms with E-state index in [0.29, 0.717) is 0 Å². The van der Waals surface area contributed by atoms with E-state index in [0.717, 1.165) is 57.0 Å². The molecule has 1 aliphatic carbocycles. The third kappa shape index (κ3) is 4.49. The molecule has 4 nitrogen and oxygen atoms in total. The third-order valence-corrected chi connectivity index (χ3v) is 8.83. The first-order chi connectivity index (χ1) is 17.1. The maximum absolute atomic E-state index is 6.08. The molecule has 0 radical (unpaired) electrons. The van der Waals surface area contributed by atoms with Gasteiger partial charge in [0.2, 0.25) is 5.95 Å². The van der Waals surface area contributed by atoms with Gasteiger partial charge in [-0.3, -0.25) is 0 Å². The Kier molecular flexibility index (Phi) is 6.09. The summed E-state index contributed by atoms with van der Waals surface area (Å²) in [4.78, 5) is 11.9. The molecular weight excluding hydrogens is 430 g/mol. The van der Waals surface area contributed by atoms with Crippen LogP contribution in [0.2, 0.25) is 0 Å². The molecule has 0 atom stereocenters. The van der Waals surface area contributed by atoms with E-state index in [2.05, 4.69) is 71.4 Å². The van der Waals surface area contributed by atoms with Crippen LogP contribution < -0.4 is 4.90 Å². The number of nitrogens with zero attached hydrogens (tertiary/aromatic N) is 3. The summed E-state index contributed by atoms with van der Waals surface area (Å²) in [5.74, 6) is 0.885. The van der Waals surface area contributed by atoms with Crippen molar-refractivity contribution in [1.82, 2.24) is 9.97 Å². The summed E-state index contributed by atoms with van der Waals surface area (Å²) in [5, 5.41) is 0. The Morgan fingerprint density at radius 3 is 2.14 bits per heavy atom. The van der Waals surface area contributed by atoms with Gasteiger partial charge in [-0.15, -0.1) is 0 Å². The molecule has 6 rings (SSSR count). The van der Waals surface area contributed by atoms with Gasteiger partial charge in [0.1, 0.15) is 0 Å². The van der Waals surface area contributed by atoms with E-state index in [1.54, 1.807) is 0 Å². The fraction of sp³-hybridized carbons (Fsp3) is 0.484. The van der Waals surface area contributed by atoms with Crippen molar-refractivity contribution in [2.24, 2.45) is 0 Å². The second kappa shape index (κ2) is 9.39. The fourth-order valence-corrected chi connectivity index (χ4v) is 6.35. The summed E-state index contributed by atoms with van der Waals surface area (Å²) in [6.07, 6.45) is 12.3. The van der Waals surface area contributed by atoms with Gasteiger partial charge in [0.25, 0.3) is 0 Å². The largest absolute Gasteiger partial charge is 0.375 e. The third-order valence-electron chi connectivity index (χ3n) is 8.83. The zero-order valence-electron chi connectivity index (χ0n) is 21.0. The van der Waals surface area contributed by atoms with Gasteiger partial charge < -0.3 is 9.64 Å². The zero-order chi connectivity index (χ0) is 23.7. The predicted molar refractivity (Wildman–Crippen MR) is 141 cm³/mol. The van der Waals surface area contributed by atoms with Crippen LogP contribution in [-0.4, -0.2) is 35.3 Å². The van der Waals surface area contributed by atoms with Crippen molar-refractivity contribution >= 4 is 5.95 Å². The van der Waals surface area contributed by atoms with Crippen molar-refractivity contribution in [3.05, 3.63) is 88.7 Å². The summed E-state index contributed by atoms with van der Waals surface area (Å²) in [6, 6.07) is 20.6. The molecule has 3 fully saturated rings. The molecule has 3 aliphatic rings. The van der Waals surface area contributed by atoms with E-state index < -0.39 is 0 Å². The highest BCUT2D eigenvalue weighted by Gasteiger charge is 2.40. The summed E-state index contributed by atoms with van der Waals surface area (Å²) in [6.45, 7) is 5.08. The van der Waals surface area contributed by atoms with Gasteiger partial charge in [-0.05, 0) is 81.0 Å². The predicted octanol–water partition coefficient (Wildman–Crippen LogP) is 6.19. The summed E-state index contributed by atoms with van der Waals surface area (Å²) < 4.78 is 6.08. The van der Waals surface area contributed by atoms with Crippen LogP contribution in [0.3, 0.4) is 0 Å². The number of rotatable bonds is 6. The van der Waals surface area contributed by atoms with E-state index in [1.807, 2.05) is 6.20 Å². The Balaban J connectivity index is 1.09. The molecule has 2 aromatic carbocycles. The van der Waals surface area contributed by atoms with Crippen LogP contribution in [0.25, 0.3) is 0 Å². The molecule has 0 amide bonds. The smallest absolute Gasteiger partial charge is 0.225 e. The van der Waals surface area contributed by atoms with Crippen molar-refractivity contribution in [2.45, 2.75) is 75.7 Å². The number of anilines is 1. The molecule has 0 bridgehead atoms. The number of aromatic nitrogens is 2. The van der Waals surface area contributed by atoms with Crippen molar-refractivity contribution in [3.8, 4) is 0 Å². The summed E-state index contributed by atoms with van der Waals surface area (Å²) in [5.41, 5.74) is 7.13. The molecule has 0 N–H and O–H groups in total. The second-order valence-electron chi connectivity index (χ2n) is 11.0. The van der Waals surface area contributed by atoms with Crippen molar-refractivity contribution in [1.29, 1.82) is 0 Å². The van der Waals surface area contributed by atoms with E-state index in [4.69, 9.17) is 9.72 Å². The van der Waals surface area contributed by atoms with Gasteiger partial charge >= 0.3 is 0 Å². The highest BCUT2D eigenvalue weighted by Crippen LogP contribution is 2.49. The Hall–Kier alpha value is -2.72. The average Bonchev–Trinajstić information content (AvgIpc) is 3.32. The number of ether oxygens (including phenoxy) is 1. The van der Waals surface area contributed by atoms with Gasteiger partial charge in [-0.1, -0.05) is 60.5 Å². The first kappa shape index (κ1) is 22.7. The Morgan fingerprint density at radius 2 is 1.51 bits per heavy atom. The monoisotopic (exact) mass is 467 g/mol. The van der Waals surface area contributed by atoms with Gasteiger partial charge in [0, 0.05) is 37.0 Å². The fourth-order valence-electron chi connectivity index (χ4n) is 6.35. The lowest BCUT2D eigenvalue weighted by Crippen LogP contribution is -2.44. The minimum absolute atomic E-state index is 0.137. The normalized spacial score (nSPS) is 20.7. The summed E-state index contributed by atoms with van der Waals surface area (Å²) >= 11 is 0. The zero-order valence-corrected chi connectivity index (χ0v) is 21.0. The average molecular weight is 468 g/mol. The molecule has 35 heavy (non-hydrogen) atoms. The van der Waals surface area contributed by atoms with Crippen LogP contribution in [0.1, 0.15) is 72.9 Å². The van der Waals surface area contributed by atoms with Crippen LogP contribution in [0.4, 0.5) is 5.95 Å². The van der Waals surface area contributed by atoms with Gasteiger partial charge in [0.05, 0.1) is 5.60 Å². The summed E-state index contributed by atoms with van der Waals surface area (Å²) in [7, 11) is 0. The molecule has 3 heterocycles. The second-order valence-corrected chi connectivity index (χ2v) is 11.0. The van der Waals surface area contributed by atoms with E-state index in [9.17, 15) is 0 Å². The molecule has 1 spiro atoms. The Labute approximate surface area is 209 Å². The Morgan fingerprint density at radius 1 is 0.800 bits per heavy atom. The van der Waals surface area contributed by atoms with Crippen LogP contribution in [0, 0.1) is 6.92 Å². The first-order valence-electron chi connectivity index (χ1n) is 13.5. The van der Waals surface area contributed by atoms with Crippen molar-refractivity contribution < 1.29 is 4.74 Å². The van der Waals surface area contributed by atoms with Crippen LogP contribution in [-0.2, 0) is 23.0 Å². The molecule has 3 aromatic rings. The highest BCUT2D eigenvalue weighted by molar-refractivity contribution is 5.43. The maximum atomic E-state index is 6.08. The molecule has 0 unspecified atom stereocenters. The lowest BCUT2D eigenvalue weighted by molar-refractivity contribution is -0.0148. The number of aryl methyl sites for hydroxylation is 3. The standard InChI is InChI=1S/C31H37N3O/c1-24-4-9-26(10-5-24)31(16-2-17-31)27-11-6-25(7-12-27)8-13-28-14-20-32-29(33-28)34-21-18-30(19-22-34)15-3-23-35-30/h4-7,9-12,14,20H,2-3,8,13,15-19,21-23H2,1H3. The van der Waals surface area contributed by atoms with Gasteiger partial charge in [0.15, 0.2) is 0 Å². The molecule has 1 saturated carbocycles. The van der Waals surface area contributed by atoms with E-state index in [1.165, 1.54) is 54.4 Å². The Bertz CT molecular complexity index is 1130. The van der Waals surface area contributed by atoms with E-state index in [-0.39, 0.29) is 11.0 Å². The van der Waals surface area contributed by atoms with Crippen molar-refractivity contribution in [2.75, 3.05) is 24.6 Å². The van der Waals surface area contributed by atoms with Gasteiger partial charge in [-0.25, -0.2) is 9.97 Å². The minimum Gasteiger partial charge on any atom is -0.375 e. The van der Waals surface area contributed by atoms with Gasteiger partial charge in [-0.2, -0.15) is 0 Å². The first-order valence-corrected chi connectivity index (χ1v) is 13.5. The molecule has 182 valence electrons. The lowest BCUT2D eigenvalue weighted by Gasteiger charge is -2.43. The molecule has 2 saturated heterocycles. The van der Waals surface area contributed by atoms with Crippen molar-refractivity contribution in [3.63, 3.8) is 0 Å². The minimum atomic E-state index is 0.137. The number of benzene rings is 2. The maximum Gasteiger partial charge on any atom is 0.225 e. The SMILES string of the molecule is Cc1ccc(C2(c3ccc(CCc4ccnc(N5CCC6(CCCO6)CC5)n4)cc3)CCC2)cc1. The van der Waals surface area contributed by atoms with Crippen LogP contribution in [0.15, 0.2) is 60.8 Å². The lowest BCUT2D eigenvalue weighted by atomic mass is 9.60. The number of piperidine rings is 1. The molecule has 4 heteroatoms. The molecule has 2 aliphatic heterocycles. The number of hydrogen-bond acceptors (Lipinski definition) is 4. The quantitative estimate of drug-likeness (QED) is 0.433. The topological polar surface area (TPSA) is 38.2 Å². The molecular formula is C31H37N3O. The molecule has 1 aromatic heterocycles. The van der Waals surface area contributed by atoms with Crippen LogP contribution >= 0.6 is 0 Å². The van der Waals surface area contributed by atoms with E-state index >= 15 is 0 Å². The number of hydrogen-bond donors (Lipinski definition) is 0.